The zero-order valence-corrected chi connectivity index (χ0v) is 12.0. The number of anilines is 1. The van der Waals surface area contributed by atoms with Crippen LogP contribution in [0.4, 0.5) is 5.95 Å². The maximum absolute atomic E-state index is 6.14. The third-order valence-corrected chi connectivity index (χ3v) is 4.13. The summed E-state index contributed by atoms with van der Waals surface area (Å²) in [6.45, 7) is 8.69. The van der Waals surface area contributed by atoms with Crippen molar-refractivity contribution in [1.82, 2.24) is 19.3 Å². The van der Waals surface area contributed by atoms with Gasteiger partial charge < -0.3 is 5.73 Å². The summed E-state index contributed by atoms with van der Waals surface area (Å²) in [5, 5.41) is 4.53. The van der Waals surface area contributed by atoms with Crippen LogP contribution in [0.1, 0.15) is 46.2 Å². The molecule has 0 amide bonds. The van der Waals surface area contributed by atoms with Gasteiger partial charge >= 0.3 is 0 Å². The molecule has 5 heteroatoms. The smallest absolute Gasteiger partial charge is 0.203 e. The summed E-state index contributed by atoms with van der Waals surface area (Å²) in [6.07, 6.45) is 2.92. The molecule has 0 aliphatic rings. The molecule has 0 fully saturated rings. The van der Waals surface area contributed by atoms with Gasteiger partial charge in [-0.25, -0.2) is 4.98 Å². The number of imidazole rings is 1. The Morgan fingerprint density at radius 1 is 1.22 bits per heavy atom. The summed E-state index contributed by atoms with van der Waals surface area (Å²) in [7, 11) is 1.96. The summed E-state index contributed by atoms with van der Waals surface area (Å²) in [5.74, 6) is 0.596. The van der Waals surface area contributed by atoms with Crippen molar-refractivity contribution >= 4 is 17.1 Å². The molecule has 0 radical (unpaired) electrons. The molecule has 2 N–H and O–H groups in total. The van der Waals surface area contributed by atoms with Crippen LogP contribution in [-0.2, 0) is 19.0 Å². The van der Waals surface area contributed by atoms with E-state index in [0.717, 1.165) is 36.1 Å². The maximum atomic E-state index is 6.14. The molecule has 0 spiro atoms. The molecular weight excluding hydrogens is 226 g/mol. The molecule has 18 heavy (non-hydrogen) atoms. The number of nitrogens with zero attached hydrogens (tertiary/aromatic N) is 4. The zero-order chi connectivity index (χ0) is 13.5. The molecule has 100 valence electrons. The third-order valence-electron chi connectivity index (χ3n) is 4.13. The number of hydrogen-bond acceptors (Lipinski definition) is 3. The van der Waals surface area contributed by atoms with Gasteiger partial charge in [-0.15, -0.1) is 0 Å². The van der Waals surface area contributed by atoms with Gasteiger partial charge in [-0.1, -0.05) is 20.8 Å². The van der Waals surface area contributed by atoms with Crippen LogP contribution in [0.2, 0.25) is 0 Å². The summed E-state index contributed by atoms with van der Waals surface area (Å²) >= 11 is 0. The van der Waals surface area contributed by atoms with Gasteiger partial charge in [0, 0.05) is 12.6 Å². The minimum Gasteiger partial charge on any atom is -0.369 e. The summed E-state index contributed by atoms with van der Waals surface area (Å²) in [6, 6.07) is 0. The molecule has 0 unspecified atom stereocenters. The Morgan fingerprint density at radius 3 is 2.33 bits per heavy atom. The SMILES string of the molecule is CCc1nn(C)c2c1nc(N)n2C(C)(CC)CC. The number of rotatable bonds is 4. The topological polar surface area (TPSA) is 61.7 Å². The highest BCUT2D eigenvalue weighted by molar-refractivity contribution is 5.78. The van der Waals surface area contributed by atoms with Crippen LogP contribution in [0, 0.1) is 0 Å². The largest absolute Gasteiger partial charge is 0.369 e. The Morgan fingerprint density at radius 2 is 1.83 bits per heavy atom. The van der Waals surface area contributed by atoms with Crippen molar-refractivity contribution in [3.8, 4) is 0 Å². The monoisotopic (exact) mass is 249 g/mol. The average Bonchev–Trinajstić information content (AvgIpc) is 2.86. The van der Waals surface area contributed by atoms with E-state index >= 15 is 0 Å². The van der Waals surface area contributed by atoms with Crippen LogP contribution >= 0.6 is 0 Å². The van der Waals surface area contributed by atoms with E-state index in [1.807, 2.05) is 11.7 Å². The number of fused-ring (bicyclic) bond motifs is 1. The predicted octanol–water partition coefficient (Wildman–Crippen LogP) is 2.45. The summed E-state index contributed by atoms with van der Waals surface area (Å²) in [4.78, 5) is 4.52. The van der Waals surface area contributed by atoms with Gasteiger partial charge in [-0.2, -0.15) is 5.10 Å². The lowest BCUT2D eigenvalue weighted by Crippen LogP contribution is -2.30. The van der Waals surface area contributed by atoms with Gasteiger partial charge in [-0.05, 0) is 26.2 Å². The van der Waals surface area contributed by atoms with E-state index < -0.39 is 0 Å². The predicted molar refractivity (Wildman–Crippen MR) is 74.5 cm³/mol. The van der Waals surface area contributed by atoms with E-state index in [4.69, 9.17) is 5.73 Å². The number of nitrogen functional groups attached to an aromatic ring is 1. The first-order valence-electron chi connectivity index (χ1n) is 6.68. The number of aryl methyl sites for hydroxylation is 2. The van der Waals surface area contributed by atoms with Crippen molar-refractivity contribution in [3.05, 3.63) is 5.69 Å². The number of hydrogen-bond donors (Lipinski definition) is 1. The number of aromatic nitrogens is 4. The molecule has 0 saturated carbocycles. The minimum atomic E-state index is -0.00234. The van der Waals surface area contributed by atoms with Crippen molar-refractivity contribution in [2.45, 2.75) is 52.5 Å². The Labute approximate surface area is 108 Å². The van der Waals surface area contributed by atoms with Crippen LogP contribution < -0.4 is 5.73 Å². The average molecular weight is 249 g/mol. The highest BCUT2D eigenvalue weighted by atomic mass is 15.4. The minimum absolute atomic E-state index is 0.00234. The van der Waals surface area contributed by atoms with Crippen LogP contribution in [0.5, 0.6) is 0 Å². The van der Waals surface area contributed by atoms with Crippen molar-refractivity contribution in [2.24, 2.45) is 7.05 Å². The molecule has 2 aromatic rings. The highest BCUT2D eigenvalue weighted by Crippen LogP contribution is 2.33. The molecule has 0 aromatic carbocycles. The van der Waals surface area contributed by atoms with E-state index in [1.165, 1.54) is 0 Å². The molecule has 2 rings (SSSR count). The lowest BCUT2D eigenvalue weighted by Gasteiger charge is -2.30. The van der Waals surface area contributed by atoms with Crippen molar-refractivity contribution in [1.29, 1.82) is 0 Å². The molecule has 0 bridgehead atoms. The van der Waals surface area contributed by atoms with Crippen LogP contribution in [0.15, 0.2) is 0 Å². The van der Waals surface area contributed by atoms with Crippen LogP contribution in [-0.4, -0.2) is 19.3 Å². The quantitative estimate of drug-likeness (QED) is 0.905. The number of nitrogens with two attached hydrogens (primary N) is 1. The molecular formula is C13H23N5. The standard InChI is InChI=1S/C13H23N5/c1-6-9-10-11(17(5)16-9)18(12(14)15-10)13(4,7-2)8-3/h6-8H2,1-5H3,(H2,14,15). The van der Waals surface area contributed by atoms with Gasteiger partial charge in [0.25, 0.3) is 0 Å². The van der Waals surface area contributed by atoms with E-state index in [0.29, 0.717) is 5.95 Å². The summed E-state index contributed by atoms with van der Waals surface area (Å²) < 4.78 is 4.05. The molecule has 2 heterocycles. The van der Waals surface area contributed by atoms with Crippen molar-refractivity contribution in [2.75, 3.05) is 5.73 Å². The molecule has 0 aliphatic heterocycles. The van der Waals surface area contributed by atoms with Gasteiger partial charge in [0.2, 0.25) is 5.95 Å². The molecule has 2 aromatic heterocycles. The van der Waals surface area contributed by atoms with Gasteiger partial charge in [0.1, 0.15) is 5.52 Å². The van der Waals surface area contributed by atoms with Crippen LogP contribution in [0.25, 0.3) is 11.2 Å². The second-order valence-corrected chi connectivity index (χ2v) is 5.11. The molecule has 0 aliphatic carbocycles. The van der Waals surface area contributed by atoms with E-state index in [2.05, 4.69) is 42.3 Å². The normalized spacial score (nSPS) is 12.5. The van der Waals surface area contributed by atoms with Crippen LogP contribution in [0.3, 0.4) is 0 Å². The Kier molecular flexibility index (Phi) is 3.09. The van der Waals surface area contributed by atoms with Crippen molar-refractivity contribution in [3.63, 3.8) is 0 Å². The first-order valence-corrected chi connectivity index (χ1v) is 6.68. The van der Waals surface area contributed by atoms with Gasteiger partial charge in [0.15, 0.2) is 5.65 Å². The highest BCUT2D eigenvalue weighted by Gasteiger charge is 2.29. The molecule has 0 saturated heterocycles. The molecule has 5 nitrogen and oxygen atoms in total. The fraction of sp³-hybridized carbons (Fsp3) is 0.692. The lowest BCUT2D eigenvalue weighted by atomic mass is 9.95. The van der Waals surface area contributed by atoms with E-state index in [9.17, 15) is 0 Å². The fourth-order valence-corrected chi connectivity index (χ4v) is 2.53. The Hall–Kier alpha value is -1.52. The maximum Gasteiger partial charge on any atom is 0.203 e. The fourth-order valence-electron chi connectivity index (χ4n) is 2.53. The second kappa shape index (κ2) is 4.30. The first kappa shape index (κ1) is 12.9. The lowest BCUT2D eigenvalue weighted by molar-refractivity contribution is 0.303. The van der Waals surface area contributed by atoms with Gasteiger partial charge in [-0.3, -0.25) is 9.25 Å². The first-order chi connectivity index (χ1) is 8.48. The Bertz CT molecular complexity index is 559. The van der Waals surface area contributed by atoms with E-state index in [1.54, 1.807) is 0 Å². The molecule has 0 atom stereocenters. The van der Waals surface area contributed by atoms with Gasteiger partial charge in [0.05, 0.1) is 5.69 Å². The summed E-state index contributed by atoms with van der Waals surface area (Å²) in [5.41, 5.74) is 9.14. The zero-order valence-electron chi connectivity index (χ0n) is 12.0. The van der Waals surface area contributed by atoms with E-state index in [-0.39, 0.29) is 5.54 Å². The Balaban J connectivity index is 2.78. The second-order valence-electron chi connectivity index (χ2n) is 5.11. The third kappa shape index (κ3) is 1.61. The van der Waals surface area contributed by atoms with Crippen molar-refractivity contribution < 1.29 is 0 Å².